The molecule has 0 saturated carbocycles. The van der Waals surface area contributed by atoms with Gasteiger partial charge in [0.25, 0.3) is 0 Å². The highest BCUT2D eigenvalue weighted by Crippen LogP contribution is 2.22. The van der Waals surface area contributed by atoms with Crippen LogP contribution >= 0.6 is 11.6 Å². The summed E-state index contributed by atoms with van der Waals surface area (Å²) in [6, 6.07) is 4.51. The average molecular weight is 252 g/mol. The van der Waals surface area contributed by atoms with E-state index in [1.165, 1.54) is 6.07 Å². The summed E-state index contributed by atoms with van der Waals surface area (Å²) in [6.07, 6.45) is 7.10. The number of carboxylic acid groups (broad SMARTS) is 1. The van der Waals surface area contributed by atoms with Crippen LogP contribution in [0, 0.1) is 12.3 Å². The van der Waals surface area contributed by atoms with Gasteiger partial charge in [0, 0.05) is 10.7 Å². The summed E-state index contributed by atoms with van der Waals surface area (Å²) in [5, 5.41) is 12.5. The first-order valence-electron chi connectivity index (χ1n) is 5.34. The molecule has 0 saturated heterocycles. The maximum absolute atomic E-state index is 11.1. The third kappa shape index (κ3) is 3.69. The van der Waals surface area contributed by atoms with Crippen LogP contribution < -0.4 is 5.32 Å². The van der Waals surface area contributed by atoms with Gasteiger partial charge in [-0.05, 0) is 24.6 Å². The van der Waals surface area contributed by atoms with Crippen LogP contribution in [0.2, 0.25) is 5.02 Å². The van der Waals surface area contributed by atoms with Crippen molar-refractivity contribution in [1.82, 2.24) is 0 Å². The van der Waals surface area contributed by atoms with Gasteiger partial charge in [0.2, 0.25) is 0 Å². The van der Waals surface area contributed by atoms with E-state index < -0.39 is 5.97 Å². The Hall–Kier alpha value is -1.66. The minimum absolute atomic E-state index is 0.133. The predicted octanol–water partition coefficient (Wildman–Crippen LogP) is 3.25. The van der Waals surface area contributed by atoms with Gasteiger partial charge in [0.15, 0.2) is 0 Å². The molecule has 0 heterocycles. The minimum atomic E-state index is -1.03. The second kappa shape index (κ2) is 6.17. The number of aromatic carboxylic acids is 1. The van der Waals surface area contributed by atoms with Gasteiger partial charge < -0.3 is 10.4 Å². The molecule has 1 rings (SSSR count). The van der Waals surface area contributed by atoms with Gasteiger partial charge in [-0.1, -0.05) is 30.9 Å². The highest BCUT2D eigenvalue weighted by molar-refractivity contribution is 6.31. The third-order valence-electron chi connectivity index (χ3n) is 2.32. The lowest BCUT2D eigenvalue weighted by Crippen LogP contribution is -2.18. The zero-order valence-corrected chi connectivity index (χ0v) is 10.3. The van der Waals surface area contributed by atoms with Gasteiger partial charge in [-0.15, -0.1) is 6.42 Å². The zero-order chi connectivity index (χ0) is 12.8. The smallest absolute Gasteiger partial charge is 0.337 e. The van der Waals surface area contributed by atoms with Crippen LogP contribution in [0.1, 0.15) is 30.1 Å². The first-order valence-corrected chi connectivity index (χ1v) is 5.71. The lowest BCUT2D eigenvalue weighted by molar-refractivity contribution is 0.0698. The highest BCUT2D eigenvalue weighted by Gasteiger charge is 2.13. The van der Waals surface area contributed by atoms with Crippen molar-refractivity contribution in [3.8, 4) is 12.3 Å². The van der Waals surface area contributed by atoms with Gasteiger partial charge in [0.1, 0.15) is 0 Å². The summed E-state index contributed by atoms with van der Waals surface area (Å²) < 4.78 is 0. The van der Waals surface area contributed by atoms with E-state index in [1.54, 1.807) is 12.1 Å². The Bertz CT molecular complexity index is 451. The van der Waals surface area contributed by atoms with E-state index in [9.17, 15) is 4.79 Å². The summed E-state index contributed by atoms with van der Waals surface area (Å²) in [5.41, 5.74) is 0.632. The number of hydrogen-bond donors (Lipinski definition) is 2. The summed E-state index contributed by atoms with van der Waals surface area (Å²) in [4.78, 5) is 11.1. The van der Waals surface area contributed by atoms with Gasteiger partial charge in [0.05, 0.1) is 11.6 Å². The van der Waals surface area contributed by atoms with Crippen molar-refractivity contribution in [2.45, 2.75) is 25.8 Å². The number of carbonyl (C=O) groups is 1. The van der Waals surface area contributed by atoms with Crippen LogP contribution in [0.5, 0.6) is 0 Å². The molecule has 0 fully saturated rings. The Balaban J connectivity index is 2.98. The van der Waals surface area contributed by atoms with Crippen LogP contribution in [0.3, 0.4) is 0 Å². The fourth-order valence-corrected chi connectivity index (χ4v) is 1.66. The van der Waals surface area contributed by atoms with Crippen LogP contribution in [-0.2, 0) is 0 Å². The largest absolute Gasteiger partial charge is 0.478 e. The van der Waals surface area contributed by atoms with E-state index in [0.717, 1.165) is 12.8 Å². The first kappa shape index (κ1) is 13.4. The molecule has 0 aliphatic heterocycles. The SMILES string of the molecule is C#CC(CCC)Nc1ccc(Cl)cc1C(=O)O. The van der Waals surface area contributed by atoms with E-state index in [2.05, 4.69) is 11.2 Å². The van der Waals surface area contributed by atoms with Crippen molar-refractivity contribution in [3.05, 3.63) is 28.8 Å². The van der Waals surface area contributed by atoms with Gasteiger partial charge in [-0.2, -0.15) is 0 Å². The molecule has 1 atom stereocenters. The van der Waals surface area contributed by atoms with E-state index in [4.69, 9.17) is 23.1 Å². The topological polar surface area (TPSA) is 49.3 Å². The van der Waals surface area contributed by atoms with Gasteiger partial charge >= 0.3 is 5.97 Å². The number of terminal acetylenes is 1. The Morgan fingerprint density at radius 1 is 1.65 bits per heavy atom. The Labute approximate surface area is 106 Å². The summed E-state index contributed by atoms with van der Waals surface area (Å²) in [5.74, 6) is 1.57. The highest BCUT2D eigenvalue weighted by atomic mass is 35.5. The van der Waals surface area contributed by atoms with Gasteiger partial charge in [-0.3, -0.25) is 0 Å². The molecule has 0 aliphatic carbocycles. The standard InChI is InChI=1S/C13H14ClNO2/c1-3-5-10(4-2)15-12-7-6-9(14)8-11(12)13(16)17/h2,6-8,10,15H,3,5H2,1H3,(H,16,17). The van der Waals surface area contributed by atoms with E-state index in [-0.39, 0.29) is 11.6 Å². The maximum Gasteiger partial charge on any atom is 0.337 e. The molecule has 4 heteroatoms. The summed E-state index contributed by atoms with van der Waals surface area (Å²) in [6.45, 7) is 2.02. The molecule has 1 aromatic carbocycles. The molecule has 90 valence electrons. The number of rotatable bonds is 5. The van der Waals surface area contributed by atoms with Crippen LogP contribution in [0.25, 0.3) is 0 Å². The average Bonchev–Trinajstić information content (AvgIpc) is 2.30. The summed E-state index contributed by atoms with van der Waals surface area (Å²) in [7, 11) is 0. The zero-order valence-electron chi connectivity index (χ0n) is 9.53. The van der Waals surface area contributed by atoms with E-state index in [1.807, 2.05) is 6.92 Å². The number of carboxylic acids is 1. The van der Waals surface area contributed by atoms with Gasteiger partial charge in [-0.25, -0.2) is 4.79 Å². The second-order valence-corrected chi connectivity index (χ2v) is 4.08. The Kier molecular flexibility index (Phi) is 4.86. The predicted molar refractivity (Wildman–Crippen MR) is 69.6 cm³/mol. The fourth-order valence-electron chi connectivity index (χ4n) is 1.49. The number of nitrogens with one attached hydrogen (secondary N) is 1. The van der Waals surface area contributed by atoms with Crippen molar-refractivity contribution in [3.63, 3.8) is 0 Å². The molecule has 2 N–H and O–H groups in total. The Morgan fingerprint density at radius 3 is 2.88 bits per heavy atom. The van der Waals surface area contributed by atoms with Crippen molar-refractivity contribution < 1.29 is 9.90 Å². The van der Waals surface area contributed by atoms with Crippen molar-refractivity contribution in [1.29, 1.82) is 0 Å². The number of benzene rings is 1. The van der Waals surface area contributed by atoms with Crippen molar-refractivity contribution in [2.24, 2.45) is 0 Å². The molecule has 0 bridgehead atoms. The second-order valence-electron chi connectivity index (χ2n) is 3.65. The molecule has 3 nitrogen and oxygen atoms in total. The quantitative estimate of drug-likeness (QED) is 0.790. The summed E-state index contributed by atoms with van der Waals surface area (Å²) >= 11 is 5.76. The Morgan fingerprint density at radius 2 is 2.35 bits per heavy atom. The third-order valence-corrected chi connectivity index (χ3v) is 2.56. The minimum Gasteiger partial charge on any atom is -0.478 e. The number of hydrogen-bond acceptors (Lipinski definition) is 2. The molecule has 0 aliphatic rings. The molecule has 0 radical (unpaired) electrons. The van der Waals surface area contributed by atoms with Crippen LogP contribution in [0.15, 0.2) is 18.2 Å². The molecular formula is C13H14ClNO2. The van der Waals surface area contributed by atoms with Crippen molar-refractivity contribution >= 4 is 23.3 Å². The molecule has 1 aromatic rings. The first-order chi connectivity index (χ1) is 8.08. The fraction of sp³-hybridized carbons (Fsp3) is 0.308. The number of halogens is 1. The maximum atomic E-state index is 11.1. The van der Waals surface area contributed by atoms with Crippen LogP contribution in [-0.4, -0.2) is 17.1 Å². The lowest BCUT2D eigenvalue weighted by Gasteiger charge is -2.15. The van der Waals surface area contributed by atoms with Crippen LogP contribution in [0.4, 0.5) is 5.69 Å². The molecule has 1 unspecified atom stereocenters. The molecule has 0 aromatic heterocycles. The molecule has 17 heavy (non-hydrogen) atoms. The van der Waals surface area contributed by atoms with Crippen molar-refractivity contribution in [2.75, 3.05) is 5.32 Å². The van der Waals surface area contributed by atoms with E-state index >= 15 is 0 Å². The molecule has 0 spiro atoms. The monoisotopic (exact) mass is 251 g/mol. The lowest BCUT2D eigenvalue weighted by atomic mass is 10.1. The number of anilines is 1. The molecular weight excluding hydrogens is 238 g/mol. The normalized spacial score (nSPS) is 11.6. The van der Waals surface area contributed by atoms with E-state index in [0.29, 0.717) is 10.7 Å². The molecule has 0 amide bonds.